The molecule has 0 atom stereocenters. The molecule has 0 saturated heterocycles. The maximum atomic E-state index is 7.08. The molecule has 0 amide bonds. The van der Waals surface area contributed by atoms with Crippen LogP contribution in [0.4, 0.5) is 0 Å². The SMILES string of the molecule is C1=C[CH]([Zr]([O]c2ccc3ccccc3c2)([O]c2ccc3ccccc3c2)[CH]2C=CC=C2)C=C1. The van der Waals surface area contributed by atoms with Crippen LogP contribution in [0.15, 0.2) is 134 Å². The molecule has 160 valence electrons. The van der Waals surface area contributed by atoms with Crippen molar-refractivity contribution in [1.29, 1.82) is 0 Å². The zero-order valence-electron chi connectivity index (χ0n) is 18.2. The zero-order chi connectivity index (χ0) is 22.1. The topological polar surface area (TPSA) is 18.5 Å². The number of allylic oxidation sites excluding steroid dienone is 8. The second kappa shape index (κ2) is 8.65. The Morgan fingerprint density at radius 1 is 0.455 bits per heavy atom. The van der Waals surface area contributed by atoms with E-state index >= 15 is 0 Å². The second-order valence-electron chi connectivity index (χ2n) is 8.53. The van der Waals surface area contributed by atoms with E-state index < -0.39 is 21.1 Å². The van der Waals surface area contributed by atoms with Gasteiger partial charge in [0.05, 0.1) is 0 Å². The average molecular weight is 508 g/mol. The molecular formula is C30H24O2Zr. The summed E-state index contributed by atoms with van der Waals surface area (Å²) >= 11 is -3.94. The van der Waals surface area contributed by atoms with Gasteiger partial charge in [-0.1, -0.05) is 0 Å². The molecule has 0 unspecified atom stereocenters. The molecule has 4 aromatic rings. The van der Waals surface area contributed by atoms with Gasteiger partial charge in [-0.3, -0.25) is 0 Å². The van der Waals surface area contributed by atoms with Crippen molar-refractivity contribution in [2.75, 3.05) is 0 Å². The van der Waals surface area contributed by atoms with Gasteiger partial charge in [0.2, 0.25) is 0 Å². The minimum atomic E-state index is -3.94. The van der Waals surface area contributed by atoms with Crippen LogP contribution in [0.1, 0.15) is 0 Å². The Labute approximate surface area is 199 Å². The number of hydrogen-bond donors (Lipinski definition) is 0. The number of benzene rings is 4. The molecule has 2 aliphatic carbocycles. The molecule has 0 radical (unpaired) electrons. The second-order valence-corrected chi connectivity index (χ2v) is 16.4. The van der Waals surface area contributed by atoms with Gasteiger partial charge in [0.1, 0.15) is 0 Å². The molecule has 0 fully saturated rings. The van der Waals surface area contributed by atoms with Crippen molar-refractivity contribution in [1.82, 2.24) is 0 Å². The quantitative estimate of drug-likeness (QED) is 0.261. The van der Waals surface area contributed by atoms with Gasteiger partial charge in [-0.05, 0) is 0 Å². The molecule has 2 nitrogen and oxygen atoms in total. The van der Waals surface area contributed by atoms with Gasteiger partial charge in [-0.2, -0.15) is 0 Å². The third kappa shape index (κ3) is 3.92. The normalized spacial score (nSPS) is 15.8. The Morgan fingerprint density at radius 2 is 0.848 bits per heavy atom. The summed E-state index contributed by atoms with van der Waals surface area (Å²) in [6, 6.07) is 29.5. The van der Waals surface area contributed by atoms with E-state index in [9.17, 15) is 0 Å². The fraction of sp³-hybridized carbons (Fsp3) is 0.0667. The summed E-state index contributed by atoms with van der Waals surface area (Å²) < 4.78 is 14.5. The predicted octanol–water partition coefficient (Wildman–Crippen LogP) is 8.26. The van der Waals surface area contributed by atoms with Crippen LogP contribution in [0.3, 0.4) is 0 Å². The minimum absolute atomic E-state index is 0.162. The van der Waals surface area contributed by atoms with E-state index in [1.807, 2.05) is 0 Å². The van der Waals surface area contributed by atoms with Crippen molar-refractivity contribution in [2.24, 2.45) is 0 Å². The fourth-order valence-electron chi connectivity index (χ4n) is 4.75. The van der Waals surface area contributed by atoms with Crippen LogP contribution in [0.2, 0.25) is 7.25 Å². The molecule has 0 aliphatic heterocycles. The average Bonchev–Trinajstić information content (AvgIpc) is 3.59. The van der Waals surface area contributed by atoms with Gasteiger partial charge in [0, 0.05) is 0 Å². The molecule has 0 N–H and O–H groups in total. The fourth-order valence-corrected chi connectivity index (χ4v) is 13.4. The summed E-state index contributed by atoms with van der Waals surface area (Å²) in [5, 5.41) is 4.77. The summed E-state index contributed by atoms with van der Waals surface area (Å²) in [6.07, 6.45) is 17.5. The summed E-state index contributed by atoms with van der Waals surface area (Å²) in [7, 11) is 0. The first-order chi connectivity index (χ1) is 16.3. The summed E-state index contributed by atoms with van der Waals surface area (Å²) in [4.78, 5) is 0. The molecular weight excluding hydrogens is 484 g/mol. The van der Waals surface area contributed by atoms with Crippen LogP contribution in [-0.4, -0.2) is 0 Å². The molecule has 6 rings (SSSR count). The van der Waals surface area contributed by atoms with Crippen LogP contribution in [0.25, 0.3) is 21.5 Å². The first-order valence-electron chi connectivity index (χ1n) is 11.4. The zero-order valence-corrected chi connectivity index (χ0v) is 20.6. The number of fused-ring (bicyclic) bond motifs is 2. The van der Waals surface area contributed by atoms with E-state index in [1.54, 1.807) is 0 Å². The van der Waals surface area contributed by atoms with E-state index in [0.29, 0.717) is 0 Å². The Hall–Kier alpha value is -3.16. The van der Waals surface area contributed by atoms with Crippen molar-refractivity contribution in [3.63, 3.8) is 0 Å². The van der Waals surface area contributed by atoms with Crippen molar-refractivity contribution in [3.8, 4) is 11.5 Å². The Balaban J connectivity index is 1.47. The predicted molar refractivity (Wildman–Crippen MR) is 133 cm³/mol. The first-order valence-corrected chi connectivity index (χ1v) is 16.2. The van der Waals surface area contributed by atoms with E-state index in [4.69, 9.17) is 5.63 Å². The molecule has 0 spiro atoms. The molecule has 0 aromatic heterocycles. The molecule has 0 heterocycles. The van der Waals surface area contributed by atoms with E-state index in [1.165, 1.54) is 21.5 Å². The first kappa shape index (κ1) is 20.5. The van der Waals surface area contributed by atoms with Gasteiger partial charge >= 0.3 is 201 Å². The van der Waals surface area contributed by atoms with Crippen LogP contribution < -0.4 is 5.63 Å². The molecule has 3 heteroatoms. The molecule has 33 heavy (non-hydrogen) atoms. The van der Waals surface area contributed by atoms with Crippen molar-refractivity contribution in [2.45, 2.75) is 7.25 Å². The standard InChI is InChI=1S/2C10H8O.2C5H5.Zr/c2*11-10-6-5-8-3-1-2-4-9(8)7-10;2*1-2-4-5-3-1;/h2*1-7,11H;2*1-5H;/q;;;;+2/p-2. The van der Waals surface area contributed by atoms with E-state index in [-0.39, 0.29) is 7.25 Å². The van der Waals surface area contributed by atoms with Gasteiger partial charge in [0.25, 0.3) is 0 Å². The number of rotatable bonds is 6. The molecule has 2 aliphatic rings. The Bertz CT molecular complexity index is 1310. The summed E-state index contributed by atoms with van der Waals surface area (Å²) in [5.41, 5.74) is 0. The maximum absolute atomic E-state index is 7.08. The van der Waals surface area contributed by atoms with Crippen LogP contribution >= 0.6 is 0 Å². The monoisotopic (exact) mass is 506 g/mol. The van der Waals surface area contributed by atoms with Crippen molar-refractivity contribution in [3.05, 3.63) is 134 Å². The van der Waals surface area contributed by atoms with Gasteiger partial charge < -0.3 is 0 Å². The summed E-state index contributed by atoms with van der Waals surface area (Å²) in [6.45, 7) is 0. The molecule has 4 aromatic carbocycles. The molecule has 0 saturated carbocycles. The third-order valence-corrected chi connectivity index (χ3v) is 15.6. The van der Waals surface area contributed by atoms with Gasteiger partial charge in [-0.25, -0.2) is 0 Å². The van der Waals surface area contributed by atoms with E-state index in [2.05, 4.69) is 134 Å². The Kier molecular flexibility index (Phi) is 5.36. The third-order valence-electron chi connectivity index (χ3n) is 6.42. The van der Waals surface area contributed by atoms with Crippen molar-refractivity contribution < 1.29 is 26.8 Å². The van der Waals surface area contributed by atoms with Crippen LogP contribution in [0.5, 0.6) is 11.5 Å². The van der Waals surface area contributed by atoms with Crippen LogP contribution in [0, 0.1) is 0 Å². The van der Waals surface area contributed by atoms with Gasteiger partial charge in [-0.15, -0.1) is 0 Å². The van der Waals surface area contributed by atoms with Crippen LogP contribution in [-0.2, 0) is 21.1 Å². The Morgan fingerprint density at radius 3 is 1.27 bits per heavy atom. The molecule has 0 bridgehead atoms. The summed E-state index contributed by atoms with van der Waals surface area (Å²) in [5.74, 6) is 1.76. The van der Waals surface area contributed by atoms with E-state index in [0.717, 1.165) is 11.5 Å². The van der Waals surface area contributed by atoms with Gasteiger partial charge in [0.15, 0.2) is 0 Å². The van der Waals surface area contributed by atoms with Crippen molar-refractivity contribution >= 4 is 21.5 Å². The number of hydrogen-bond acceptors (Lipinski definition) is 2.